The van der Waals surface area contributed by atoms with Crippen molar-refractivity contribution < 1.29 is 9.59 Å². The third-order valence-electron chi connectivity index (χ3n) is 5.64. The fourth-order valence-corrected chi connectivity index (χ4v) is 5.40. The van der Waals surface area contributed by atoms with Gasteiger partial charge in [0, 0.05) is 34.8 Å². The summed E-state index contributed by atoms with van der Waals surface area (Å²) in [5.74, 6) is 0.979. The van der Waals surface area contributed by atoms with Crippen molar-refractivity contribution in [3.8, 4) is 0 Å². The fourth-order valence-electron chi connectivity index (χ4n) is 3.76. The standard InChI is InChI=1S/C29H32BrClN2O2S/c1-21(2)17-32-29(35)27(16-22-9-4-3-5-10-22)33(18-23-11-8-13-25(30)15-23)28(34)20-36-19-24-12-6-7-14-26(24)31/h3-15,21,27H,16-20H2,1-2H3,(H,32,35)/t27-/m0/s1. The second kappa shape index (κ2) is 14.5. The van der Waals surface area contributed by atoms with Crippen LogP contribution in [0.4, 0.5) is 0 Å². The number of thioether (sulfide) groups is 1. The van der Waals surface area contributed by atoms with Crippen LogP contribution in [0.2, 0.25) is 5.02 Å². The lowest BCUT2D eigenvalue weighted by atomic mass is 10.0. The summed E-state index contributed by atoms with van der Waals surface area (Å²) >= 11 is 11.3. The number of benzene rings is 3. The average Bonchev–Trinajstić information content (AvgIpc) is 2.86. The first-order valence-corrected chi connectivity index (χ1v) is 14.3. The zero-order valence-corrected chi connectivity index (χ0v) is 23.8. The number of halogens is 2. The zero-order valence-electron chi connectivity index (χ0n) is 20.6. The molecule has 7 heteroatoms. The maximum absolute atomic E-state index is 13.7. The van der Waals surface area contributed by atoms with Crippen molar-refractivity contribution in [3.05, 3.63) is 105 Å². The van der Waals surface area contributed by atoms with E-state index in [9.17, 15) is 9.59 Å². The minimum atomic E-state index is -0.626. The molecular weight excluding hydrogens is 556 g/mol. The molecule has 3 rings (SSSR count). The normalized spacial score (nSPS) is 11.8. The minimum Gasteiger partial charge on any atom is -0.354 e. The Morgan fingerprint density at radius 2 is 1.67 bits per heavy atom. The Hall–Kier alpha value is -2.28. The van der Waals surface area contributed by atoms with Gasteiger partial charge in [0.2, 0.25) is 11.8 Å². The molecule has 0 aliphatic rings. The largest absolute Gasteiger partial charge is 0.354 e. The van der Waals surface area contributed by atoms with E-state index in [1.807, 2.05) is 78.9 Å². The smallest absolute Gasteiger partial charge is 0.243 e. The molecule has 0 aliphatic carbocycles. The van der Waals surface area contributed by atoms with Crippen molar-refractivity contribution in [1.82, 2.24) is 10.2 Å². The summed E-state index contributed by atoms with van der Waals surface area (Å²) in [6, 6.07) is 24.8. The lowest BCUT2D eigenvalue weighted by Crippen LogP contribution is -2.51. The lowest BCUT2D eigenvalue weighted by molar-refractivity contribution is -0.139. The Bertz CT molecular complexity index is 1140. The molecule has 4 nitrogen and oxygen atoms in total. The van der Waals surface area contributed by atoms with Crippen molar-refractivity contribution in [1.29, 1.82) is 0 Å². The van der Waals surface area contributed by atoms with Gasteiger partial charge in [0.1, 0.15) is 6.04 Å². The van der Waals surface area contributed by atoms with Crippen LogP contribution >= 0.6 is 39.3 Å². The van der Waals surface area contributed by atoms with Crippen LogP contribution in [0.3, 0.4) is 0 Å². The van der Waals surface area contributed by atoms with Gasteiger partial charge in [-0.15, -0.1) is 11.8 Å². The minimum absolute atomic E-state index is 0.0762. The number of amides is 2. The van der Waals surface area contributed by atoms with E-state index < -0.39 is 6.04 Å². The Balaban J connectivity index is 1.85. The molecule has 0 radical (unpaired) electrons. The van der Waals surface area contributed by atoms with Gasteiger partial charge in [-0.2, -0.15) is 0 Å². The number of hydrogen-bond donors (Lipinski definition) is 1. The second-order valence-electron chi connectivity index (χ2n) is 9.08. The quantitative estimate of drug-likeness (QED) is 0.255. The first kappa shape index (κ1) is 28.3. The maximum atomic E-state index is 13.7. The summed E-state index contributed by atoms with van der Waals surface area (Å²) < 4.78 is 0.935. The molecule has 0 bridgehead atoms. The Morgan fingerprint density at radius 1 is 0.972 bits per heavy atom. The molecular formula is C29H32BrClN2O2S. The van der Waals surface area contributed by atoms with Crippen LogP contribution in [0.25, 0.3) is 0 Å². The first-order chi connectivity index (χ1) is 17.3. The third kappa shape index (κ3) is 8.99. The van der Waals surface area contributed by atoms with Gasteiger partial charge < -0.3 is 10.2 Å². The van der Waals surface area contributed by atoms with Gasteiger partial charge in [-0.1, -0.05) is 102 Å². The van der Waals surface area contributed by atoms with E-state index in [1.54, 1.807) is 4.90 Å². The predicted octanol–water partition coefficient (Wildman–Crippen LogP) is 6.75. The molecule has 3 aromatic rings. The van der Waals surface area contributed by atoms with Crippen molar-refractivity contribution in [2.24, 2.45) is 5.92 Å². The van der Waals surface area contributed by atoms with Gasteiger partial charge in [-0.25, -0.2) is 0 Å². The SMILES string of the molecule is CC(C)CNC(=O)[C@H](Cc1ccccc1)N(Cc1cccc(Br)c1)C(=O)CSCc1ccccc1Cl. The van der Waals surface area contributed by atoms with Crippen LogP contribution in [-0.4, -0.2) is 35.1 Å². The van der Waals surface area contributed by atoms with E-state index in [1.165, 1.54) is 11.8 Å². The highest BCUT2D eigenvalue weighted by atomic mass is 79.9. The maximum Gasteiger partial charge on any atom is 0.243 e. The van der Waals surface area contributed by atoms with E-state index in [2.05, 4.69) is 35.1 Å². The molecule has 0 fully saturated rings. The van der Waals surface area contributed by atoms with Gasteiger partial charge in [0.15, 0.2) is 0 Å². The molecule has 0 saturated heterocycles. The number of carbonyl (C=O) groups is 2. The highest BCUT2D eigenvalue weighted by molar-refractivity contribution is 9.10. The van der Waals surface area contributed by atoms with Gasteiger partial charge in [0.05, 0.1) is 5.75 Å². The summed E-state index contributed by atoms with van der Waals surface area (Å²) in [4.78, 5) is 28.8. The number of carbonyl (C=O) groups excluding carboxylic acids is 2. The molecule has 0 aromatic heterocycles. The monoisotopic (exact) mass is 586 g/mol. The number of hydrogen-bond acceptors (Lipinski definition) is 3. The van der Waals surface area contributed by atoms with Gasteiger partial charge >= 0.3 is 0 Å². The molecule has 0 heterocycles. The summed E-state index contributed by atoms with van der Waals surface area (Å²) in [5.41, 5.74) is 2.97. The number of nitrogens with one attached hydrogen (secondary N) is 1. The van der Waals surface area contributed by atoms with E-state index in [0.29, 0.717) is 36.2 Å². The summed E-state index contributed by atoms with van der Waals surface area (Å²) in [6.07, 6.45) is 0.444. The summed E-state index contributed by atoms with van der Waals surface area (Å²) in [5, 5.41) is 3.75. The first-order valence-electron chi connectivity index (χ1n) is 12.0. The van der Waals surface area contributed by atoms with Gasteiger partial charge in [0.25, 0.3) is 0 Å². The van der Waals surface area contributed by atoms with Crippen LogP contribution in [0.1, 0.15) is 30.5 Å². The van der Waals surface area contributed by atoms with Crippen LogP contribution in [0, 0.1) is 5.92 Å². The van der Waals surface area contributed by atoms with Crippen LogP contribution < -0.4 is 5.32 Å². The molecule has 0 aliphatic heterocycles. The van der Waals surface area contributed by atoms with Crippen LogP contribution in [0.5, 0.6) is 0 Å². The zero-order chi connectivity index (χ0) is 25.9. The van der Waals surface area contributed by atoms with Crippen molar-refractivity contribution in [2.75, 3.05) is 12.3 Å². The Morgan fingerprint density at radius 3 is 2.36 bits per heavy atom. The Kier molecular flexibility index (Phi) is 11.4. The Labute approximate surface area is 231 Å². The topological polar surface area (TPSA) is 49.4 Å². The third-order valence-corrected chi connectivity index (χ3v) is 7.47. The van der Waals surface area contributed by atoms with E-state index in [4.69, 9.17) is 11.6 Å². The highest BCUT2D eigenvalue weighted by Crippen LogP contribution is 2.23. The lowest BCUT2D eigenvalue weighted by Gasteiger charge is -2.32. The van der Waals surface area contributed by atoms with Crippen molar-refractivity contribution in [2.45, 2.75) is 38.6 Å². The van der Waals surface area contributed by atoms with Gasteiger partial charge in [-0.3, -0.25) is 9.59 Å². The van der Waals surface area contributed by atoms with Crippen LogP contribution in [0.15, 0.2) is 83.3 Å². The molecule has 1 atom stereocenters. The molecule has 0 unspecified atom stereocenters. The summed E-state index contributed by atoms with van der Waals surface area (Å²) in [7, 11) is 0. The van der Waals surface area contributed by atoms with Crippen molar-refractivity contribution >= 4 is 51.1 Å². The average molecular weight is 588 g/mol. The van der Waals surface area contributed by atoms with E-state index >= 15 is 0 Å². The van der Waals surface area contributed by atoms with Gasteiger partial charge in [-0.05, 0) is 40.8 Å². The van der Waals surface area contributed by atoms with E-state index in [0.717, 1.165) is 21.2 Å². The molecule has 190 valence electrons. The molecule has 0 saturated carbocycles. The predicted molar refractivity (Wildman–Crippen MR) is 154 cm³/mol. The number of nitrogens with zero attached hydrogens (tertiary/aromatic N) is 1. The molecule has 0 spiro atoms. The number of rotatable bonds is 12. The fraction of sp³-hybridized carbons (Fsp3) is 0.310. The van der Waals surface area contributed by atoms with E-state index in [-0.39, 0.29) is 17.6 Å². The van der Waals surface area contributed by atoms with Crippen molar-refractivity contribution in [3.63, 3.8) is 0 Å². The molecule has 1 N–H and O–H groups in total. The second-order valence-corrected chi connectivity index (χ2v) is 11.4. The molecule has 36 heavy (non-hydrogen) atoms. The molecule has 3 aromatic carbocycles. The molecule has 2 amide bonds. The highest BCUT2D eigenvalue weighted by Gasteiger charge is 2.30. The van der Waals surface area contributed by atoms with Crippen LogP contribution in [-0.2, 0) is 28.3 Å². The summed E-state index contributed by atoms with van der Waals surface area (Å²) in [6.45, 7) is 5.02.